The normalized spacial score (nSPS) is 40.1. The van der Waals surface area contributed by atoms with Crippen molar-refractivity contribution in [3.8, 4) is 0 Å². The van der Waals surface area contributed by atoms with E-state index in [-0.39, 0.29) is 52.3 Å². The molecule has 48 heavy (non-hydrogen) atoms. The van der Waals surface area contributed by atoms with Crippen LogP contribution in [-0.2, 0) is 26.4 Å². The SMILES string of the molecule is CC(=O)O[C@H]1C[C@@]2(C)[C@@H](C[C@@H](O)[C@H]3[C@@]4(C)CC[C@@H](O)[C@](C)(n5cc(CN)nn5)[C@@H]4CC[C@@]32C)/C1=C(/C(C)=O)c1ccc2ccccc2c1. The van der Waals surface area contributed by atoms with Gasteiger partial charge in [0.25, 0.3) is 0 Å². The van der Waals surface area contributed by atoms with E-state index in [1.165, 1.54) is 6.92 Å². The van der Waals surface area contributed by atoms with Gasteiger partial charge in [0.1, 0.15) is 6.10 Å². The van der Waals surface area contributed by atoms with Crippen molar-refractivity contribution in [3.63, 3.8) is 0 Å². The van der Waals surface area contributed by atoms with Gasteiger partial charge in [-0.05, 0) is 114 Å². The van der Waals surface area contributed by atoms with Crippen molar-refractivity contribution in [2.24, 2.45) is 39.7 Å². The first-order valence-corrected chi connectivity index (χ1v) is 17.6. The first-order chi connectivity index (χ1) is 22.7. The molecule has 4 N–H and O–H groups in total. The Morgan fingerprint density at radius 1 is 1.00 bits per heavy atom. The molecule has 9 heteroatoms. The van der Waals surface area contributed by atoms with Gasteiger partial charge in [-0.1, -0.05) is 62.4 Å². The van der Waals surface area contributed by atoms with Crippen LogP contribution in [0.1, 0.15) is 91.3 Å². The lowest BCUT2D eigenvalue weighted by atomic mass is 9.35. The second kappa shape index (κ2) is 11.3. The summed E-state index contributed by atoms with van der Waals surface area (Å²) in [6.07, 6.45) is 4.06. The van der Waals surface area contributed by atoms with Crippen molar-refractivity contribution in [3.05, 3.63) is 65.5 Å². The number of hydrogen-bond acceptors (Lipinski definition) is 8. The van der Waals surface area contributed by atoms with Crippen molar-refractivity contribution in [2.45, 2.75) is 110 Å². The van der Waals surface area contributed by atoms with Gasteiger partial charge in [-0.2, -0.15) is 0 Å². The van der Waals surface area contributed by atoms with Crippen molar-refractivity contribution in [1.82, 2.24) is 15.0 Å². The molecule has 0 unspecified atom stereocenters. The first kappa shape index (κ1) is 33.1. The van der Waals surface area contributed by atoms with Gasteiger partial charge in [0.05, 0.1) is 29.6 Å². The monoisotopic (exact) mass is 654 g/mol. The van der Waals surface area contributed by atoms with Crippen LogP contribution in [0.4, 0.5) is 0 Å². The zero-order valence-corrected chi connectivity index (χ0v) is 29.1. The van der Waals surface area contributed by atoms with E-state index in [1.54, 1.807) is 6.92 Å². The molecule has 0 saturated heterocycles. The predicted octanol–water partition coefficient (Wildman–Crippen LogP) is 5.56. The first-order valence-electron chi connectivity index (χ1n) is 17.6. The molecule has 4 aliphatic carbocycles. The van der Waals surface area contributed by atoms with Crippen LogP contribution in [0.3, 0.4) is 0 Å². The molecule has 0 bridgehead atoms. The topological polar surface area (TPSA) is 141 Å². The molecule has 0 amide bonds. The van der Waals surface area contributed by atoms with Crippen LogP contribution in [0.15, 0.2) is 54.2 Å². The van der Waals surface area contributed by atoms with Crippen LogP contribution in [0, 0.1) is 34.0 Å². The predicted molar refractivity (Wildman–Crippen MR) is 183 cm³/mol. The van der Waals surface area contributed by atoms with E-state index in [0.29, 0.717) is 30.5 Å². The lowest BCUT2D eigenvalue weighted by Gasteiger charge is -2.70. The van der Waals surface area contributed by atoms with Crippen LogP contribution in [0.25, 0.3) is 16.3 Å². The minimum absolute atomic E-state index is 0.0278. The highest BCUT2D eigenvalue weighted by Gasteiger charge is 2.72. The molecule has 7 rings (SSSR count). The van der Waals surface area contributed by atoms with Gasteiger partial charge in [0.2, 0.25) is 0 Å². The Morgan fingerprint density at radius 3 is 2.40 bits per heavy atom. The fraction of sp³-hybridized carbons (Fsp3) is 0.590. The van der Waals surface area contributed by atoms with Crippen molar-refractivity contribution in [1.29, 1.82) is 0 Å². The van der Waals surface area contributed by atoms with Crippen LogP contribution >= 0.6 is 0 Å². The van der Waals surface area contributed by atoms with Crippen LogP contribution in [-0.4, -0.2) is 55.3 Å². The number of ether oxygens (including phenoxy) is 1. The summed E-state index contributed by atoms with van der Waals surface area (Å²) >= 11 is 0. The number of Topliss-reactive ketones (excluding diaryl/α,β-unsaturated/α-hetero) is 1. The number of nitrogens with zero attached hydrogens (tertiary/aromatic N) is 3. The maximum absolute atomic E-state index is 13.7. The molecule has 1 aromatic heterocycles. The molecule has 4 saturated carbocycles. The van der Waals surface area contributed by atoms with Crippen molar-refractivity contribution in [2.75, 3.05) is 0 Å². The van der Waals surface area contributed by atoms with E-state index in [0.717, 1.165) is 41.2 Å². The molecule has 1 heterocycles. The summed E-state index contributed by atoms with van der Waals surface area (Å²) in [5, 5.41) is 35.0. The van der Waals surface area contributed by atoms with Gasteiger partial charge >= 0.3 is 5.97 Å². The number of rotatable bonds is 5. The van der Waals surface area contributed by atoms with E-state index in [2.05, 4.69) is 50.1 Å². The number of aliphatic hydroxyl groups is 2. The molecule has 10 atom stereocenters. The number of aromatic nitrogens is 3. The zero-order chi connectivity index (χ0) is 34.4. The maximum atomic E-state index is 13.7. The number of benzene rings is 2. The summed E-state index contributed by atoms with van der Waals surface area (Å²) in [7, 11) is 0. The van der Waals surface area contributed by atoms with E-state index in [1.807, 2.05) is 41.2 Å². The second-order valence-electron chi connectivity index (χ2n) is 16.2. The number of carbonyl (C=O) groups is 2. The minimum Gasteiger partial charge on any atom is -0.458 e. The average Bonchev–Trinajstić information content (AvgIpc) is 3.63. The number of nitrogens with two attached hydrogens (primary N) is 1. The van der Waals surface area contributed by atoms with Gasteiger partial charge in [-0.25, -0.2) is 4.68 Å². The number of hydrogen-bond donors (Lipinski definition) is 3. The lowest BCUT2D eigenvalue weighted by molar-refractivity contribution is -0.248. The Labute approximate surface area is 282 Å². The summed E-state index contributed by atoms with van der Waals surface area (Å²) < 4.78 is 7.97. The third-order valence-corrected chi connectivity index (χ3v) is 14.0. The molecule has 4 aliphatic rings. The highest BCUT2D eigenvalue weighted by molar-refractivity contribution is 6.21. The van der Waals surface area contributed by atoms with Crippen LogP contribution < -0.4 is 5.73 Å². The summed E-state index contributed by atoms with van der Waals surface area (Å²) in [5.74, 6) is -0.665. The molecule has 0 radical (unpaired) electrons. The molecule has 0 aliphatic heterocycles. The molecule has 256 valence electrons. The molecule has 0 spiro atoms. The van der Waals surface area contributed by atoms with Gasteiger partial charge in [0, 0.05) is 19.0 Å². The van der Waals surface area contributed by atoms with Crippen LogP contribution in [0.5, 0.6) is 0 Å². The lowest BCUT2D eigenvalue weighted by Crippen LogP contribution is -2.69. The third-order valence-electron chi connectivity index (χ3n) is 14.0. The number of carbonyl (C=O) groups excluding carboxylic acids is 2. The van der Waals surface area contributed by atoms with Gasteiger partial charge in [-0.3, -0.25) is 9.59 Å². The minimum atomic E-state index is -0.717. The Balaban J connectivity index is 1.36. The summed E-state index contributed by atoms with van der Waals surface area (Å²) in [6.45, 7) is 12.3. The zero-order valence-electron chi connectivity index (χ0n) is 29.1. The van der Waals surface area contributed by atoms with E-state index in [9.17, 15) is 19.8 Å². The number of ketones is 1. The highest BCUT2D eigenvalue weighted by atomic mass is 16.5. The standard InChI is InChI=1S/C39H50N4O5/c1-22(44)33(26-12-11-24-9-7-8-10-25(24)17-26)34-28-18-29(46)35-36(3)15-14-32(47)39(6,43-21-27(20-40)41-42-43)31(36)13-16-37(35,4)38(28,5)19-30(34)48-23(2)45/h7-12,17,21,28-32,35,46-47H,13-16,18-20,40H2,1-6H3/b34-33+/t28-,29+,30-,31+,32+,35-,36-,37-,38-,39+/m0/s1. The van der Waals surface area contributed by atoms with Gasteiger partial charge < -0.3 is 20.7 Å². The fourth-order valence-corrected chi connectivity index (χ4v) is 11.7. The Hall–Kier alpha value is -3.40. The Morgan fingerprint density at radius 2 is 1.73 bits per heavy atom. The van der Waals surface area contributed by atoms with Crippen molar-refractivity contribution < 1.29 is 24.5 Å². The molecule has 3 aromatic rings. The largest absolute Gasteiger partial charge is 0.458 e. The highest BCUT2D eigenvalue weighted by Crippen LogP contribution is 2.75. The average molecular weight is 655 g/mol. The summed E-state index contributed by atoms with van der Waals surface area (Å²) in [4.78, 5) is 26.4. The van der Waals surface area contributed by atoms with E-state index < -0.39 is 23.9 Å². The summed E-state index contributed by atoms with van der Waals surface area (Å²) in [6, 6.07) is 14.2. The van der Waals surface area contributed by atoms with Gasteiger partial charge in [0.15, 0.2) is 5.78 Å². The van der Waals surface area contributed by atoms with E-state index >= 15 is 0 Å². The second-order valence-corrected chi connectivity index (χ2v) is 16.2. The number of allylic oxidation sites excluding steroid dienone is 1. The van der Waals surface area contributed by atoms with Crippen LogP contribution in [0.2, 0.25) is 0 Å². The molecule has 4 fully saturated rings. The molecule has 9 nitrogen and oxygen atoms in total. The van der Waals surface area contributed by atoms with Gasteiger partial charge in [-0.15, -0.1) is 5.10 Å². The maximum Gasteiger partial charge on any atom is 0.303 e. The molecular formula is C39H50N4O5. The molecular weight excluding hydrogens is 604 g/mol. The summed E-state index contributed by atoms with van der Waals surface area (Å²) in [5.41, 5.74) is 7.09. The Bertz CT molecular complexity index is 1820. The number of aliphatic hydroxyl groups excluding tert-OH is 2. The van der Waals surface area contributed by atoms with Crippen molar-refractivity contribution >= 4 is 28.1 Å². The third kappa shape index (κ3) is 4.53. The van der Waals surface area contributed by atoms with E-state index in [4.69, 9.17) is 10.5 Å². The number of fused-ring (bicyclic) bond motifs is 6. The quantitative estimate of drug-likeness (QED) is 0.240. The fourth-order valence-electron chi connectivity index (χ4n) is 11.7. The number of esters is 1. The Kier molecular flexibility index (Phi) is 7.81. The molecule has 2 aromatic carbocycles. The smallest absolute Gasteiger partial charge is 0.303 e.